The molecule has 32 heavy (non-hydrogen) atoms. The fourth-order valence-electron chi connectivity index (χ4n) is 4.20. The number of rotatable bonds is 7. The minimum atomic E-state index is -0.590. The average Bonchev–Trinajstić information content (AvgIpc) is 3.26. The van der Waals surface area contributed by atoms with Gasteiger partial charge in [0.05, 0.1) is 25.2 Å². The van der Waals surface area contributed by atoms with Crippen LogP contribution in [0.15, 0.2) is 63.4 Å². The van der Waals surface area contributed by atoms with Crippen LogP contribution in [0.3, 0.4) is 0 Å². The third-order valence-corrected chi connectivity index (χ3v) is 5.68. The summed E-state index contributed by atoms with van der Waals surface area (Å²) in [7, 11) is 1.61. The van der Waals surface area contributed by atoms with Crippen LogP contribution >= 0.6 is 0 Å². The molecule has 1 aromatic heterocycles. The van der Waals surface area contributed by atoms with E-state index < -0.39 is 11.9 Å². The van der Waals surface area contributed by atoms with Gasteiger partial charge in [-0.1, -0.05) is 0 Å². The Labute approximate surface area is 187 Å². The minimum absolute atomic E-state index is 0.0329. The number of hydrogen-bond donors (Lipinski definition) is 1. The summed E-state index contributed by atoms with van der Waals surface area (Å²) in [6.45, 7) is 4.06. The predicted octanol–water partition coefficient (Wildman–Crippen LogP) is 4.40. The van der Waals surface area contributed by atoms with E-state index in [0.717, 1.165) is 24.3 Å². The van der Waals surface area contributed by atoms with Crippen molar-refractivity contribution in [3.05, 3.63) is 70.5 Å². The number of esters is 1. The first kappa shape index (κ1) is 21.7. The number of dihydropyridines is 1. The fraction of sp³-hybridized carbons (Fsp3) is 0.360. The number of Topliss-reactive ketones (excluding diaryl/α,β-unsaturated/α-hetero) is 1. The monoisotopic (exact) mass is 437 g/mol. The van der Waals surface area contributed by atoms with Gasteiger partial charge in [0, 0.05) is 23.4 Å². The fourth-order valence-corrected chi connectivity index (χ4v) is 4.20. The van der Waals surface area contributed by atoms with E-state index in [9.17, 15) is 9.59 Å². The molecule has 2 heterocycles. The summed E-state index contributed by atoms with van der Waals surface area (Å²) in [5, 5.41) is 3.26. The SMILES string of the molecule is CCOC(=O)C1=C(C)NC2=C(C(=O)CCC2)C1c1ccc(COc2ccc(OC)cc2)o1. The number of nitrogens with one attached hydrogen (secondary N) is 1. The van der Waals surface area contributed by atoms with Crippen LogP contribution in [-0.2, 0) is 20.9 Å². The van der Waals surface area contributed by atoms with E-state index in [-0.39, 0.29) is 19.0 Å². The van der Waals surface area contributed by atoms with Gasteiger partial charge < -0.3 is 23.9 Å². The molecule has 0 spiro atoms. The number of carbonyl (C=O) groups excluding carboxylic acids is 2. The Morgan fingerprint density at radius 2 is 1.88 bits per heavy atom. The average molecular weight is 437 g/mol. The van der Waals surface area contributed by atoms with Crippen LogP contribution in [0.25, 0.3) is 0 Å². The maximum Gasteiger partial charge on any atom is 0.336 e. The molecule has 0 saturated carbocycles. The van der Waals surface area contributed by atoms with Crippen LogP contribution in [0.2, 0.25) is 0 Å². The van der Waals surface area contributed by atoms with Crippen molar-refractivity contribution in [2.24, 2.45) is 0 Å². The van der Waals surface area contributed by atoms with Crippen LogP contribution in [-0.4, -0.2) is 25.5 Å². The second-order valence-corrected chi connectivity index (χ2v) is 7.75. The molecule has 0 radical (unpaired) electrons. The summed E-state index contributed by atoms with van der Waals surface area (Å²) >= 11 is 0. The number of ketones is 1. The lowest BCUT2D eigenvalue weighted by molar-refractivity contribution is -0.138. The Balaban J connectivity index is 1.61. The van der Waals surface area contributed by atoms with Crippen molar-refractivity contribution in [1.82, 2.24) is 5.32 Å². The Morgan fingerprint density at radius 1 is 1.12 bits per heavy atom. The first-order valence-electron chi connectivity index (χ1n) is 10.8. The second kappa shape index (κ2) is 9.34. The lowest BCUT2D eigenvalue weighted by Crippen LogP contribution is -2.34. The number of allylic oxidation sites excluding steroid dienone is 3. The van der Waals surface area contributed by atoms with Crippen molar-refractivity contribution in [1.29, 1.82) is 0 Å². The molecule has 1 aromatic carbocycles. The minimum Gasteiger partial charge on any atom is -0.497 e. The zero-order valence-corrected chi connectivity index (χ0v) is 18.5. The molecule has 0 bridgehead atoms. The van der Waals surface area contributed by atoms with Crippen molar-refractivity contribution < 1.29 is 28.2 Å². The predicted molar refractivity (Wildman–Crippen MR) is 117 cm³/mol. The Hall–Kier alpha value is -3.48. The molecule has 1 aliphatic heterocycles. The quantitative estimate of drug-likeness (QED) is 0.643. The molecule has 0 saturated heterocycles. The molecule has 1 unspecified atom stereocenters. The van der Waals surface area contributed by atoms with E-state index in [1.165, 1.54) is 0 Å². The molecule has 1 N–H and O–H groups in total. The number of furan rings is 1. The van der Waals surface area contributed by atoms with Crippen molar-refractivity contribution in [2.45, 2.75) is 45.6 Å². The molecule has 4 rings (SSSR count). The Kier molecular flexibility index (Phi) is 6.35. The normalized spacial score (nSPS) is 18.2. The lowest BCUT2D eigenvalue weighted by Gasteiger charge is -2.32. The van der Waals surface area contributed by atoms with E-state index >= 15 is 0 Å². The number of methoxy groups -OCH3 is 1. The highest BCUT2D eigenvalue weighted by Gasteiger charge is 2.40. The third-order valence-electron chi connectivity index (χ3n) is 5.68. The smallest absolute Gasteiger partial charge is 0.336 e. The maximum atomic E-state index is 12.9. The molecule has 2 aromatic rings. The van der Waals surface area contributed by atoms with E-state index in [0.29, 0.717) is 40.5 Å². The first-order chi connectivity index (χ1) is 15.5. The van der Waals surface area contributed by atoms with Gasteiger partial charge in [-0.2, -0.15) is 0 Å². The summed E-state index contributed by atoms with van der Waals surface area (Å²) in [6.07, 6.45) is 2.01. The highest BCUT2D eigenvalue weighted by Crippen LogP contribution is 2.43. The van der Waals surface area contributed by atoms with Crippen molar-refractivity contribution in [3.63, 3.8) is 0 Å². The molecule has 7 nitrogen and oxygen atoms in total. The molecule has 1 aliphatic carbocycles. The number of carbonyl (C=O) groups is 2. The van der Waals surface area contributed by atoms with E-state index in [4.69, 9.17) is 18.6 Å². The van der Waals surface area contributed by atoms with E-state index in [1.807, 2.05) is 43.3 Å². The number of hydrogen-bond acceptors (Lipinski definition) is 7. The lowest BCUT2D eigenvalue weighted by atomic mass is 9.77. The molecular weight excluding hydrogens is 410 g/mol. The van der Waals surface area contributed by atoms with Crippen LogP contribution in [0, 0.1) is 0 Å². The highest BCUT2D eigenvalue weighted by atomic mass is 16.5. The van der Waals surface area contributed by atoms with Crippen molar-refractivity contribution in [2.75, 3.05) is 13.7 Å². The first-order valence-corrected chi connectivity index (χ1v) is 10.8. The summed E-state index contributed by atoms with van der Waals surface area (Å²) in [6, 6.07) is 10.9. The van der Waals surface area contributed by atoms with Gasteiger partial charge in [0.1, 0.15) is 29.6 Å². The van der Waals surface area contributed by atoms with Crippen molar-refractivity contribution in [3.8, 4) is 11.5 Å². The van der Waals surface area contributed by atoms with Crippen LogP contribution in [0.5, 0.6) is 11.5 Å². The summed E-state index contributed by atoms with van der Waals surface area (Å²) in [4.78, 5) is 25.7. The summed E-state index contributed by atoms with van der Waals surface area (Å²) < 4.78 is 22.4. The van der Waals surface area contributed by atoms with Gasteiger partial charge >= 0.3 is 5.97 Å². The van der Waals surface area contributed by atoms with Crippen LogP contribution in [0.1, 0.15) is 50.5 Å². The molecule has 7 heteroatoms. The van der Waals surface area contributed by atoms with Crippen molar-refractivity contribution >= 4 is 11.8 Å². The van der Waals surface area contributed by atoms with Gasteiger partial charge in [0.25, 0.3) is 0 Å². The van der Waals surface area contributed by atoms with Crippen LogP contribution in [0.4, 0.5) is 0 Å². The zero-order chi connectivity index (χ0) is 22.7. The highest BCUT2D eigenvalue weighted by molar-refractivity contribution is 6.03. The Bertz CT molecular complexity index is 1080. The second-order valence-electron chi connectivity index (χ2n) is 7.75. The van der Waals surface area contributed by atoms with Gasteiger partial charge in [-0.05, 0) is 63.1 Å². The summed E-state index contributed by atoms with van der Waals surface area (Å²) in [5.41, 5.74) is 2.57. The molecule has 0 amide bonds. The third kappa shape index (κ3) is 4.28. The largest absolute Gasteiger partial charge is 0.497 e. The van der Waals surface area contributed by atoms with E-state index in [1.54, 1.807) is 14.0 Å². The Morgan fingerprint density at radius 3 is 2.59 bits per heavy atom. The maximum absolute atomic E-state index is 12.9. The molecule has 2 aliphatic rings. The molecule has 1 atom stereocenters. The van der Waals surface area contributed by atoms with Gasteiger partial charge in [-0.3, -0.25) is 4.79 Å². The molecular formula is C25H27NO6. The number of ether oxygens (including phenoxy) is 3. The van der Waals surface area contributed by atoms with E-state index in [2.05, 4.69) is 5.32 Å². The molecule has 168 valence electrons. The number of benzene rings is 1. The van der Waals surface area contributed by atoms with Gasteiger partial charge in [0.2, 0.25) is 0 Å². The topological polar surface area (TPSA) is 87.0 Å². The molecule has 0 fully saturated rings. The summed E-state index contributed by atoms with van der Waals surface area (Å²) in [5.74, 6) is 1.56. The van der Waals surface area contributed by atoms with Gasteiger partial charge in [0.15, 0.2) is 5.78 Å². The zero-order valence-electron chi connectivity index (χ0n) is 18.5. The van der Waals surface area contributed by atoms with Crippen LogP contribution < -0.4 is 14.8 Å². The standard InChI is InChI=1S/C25H27NO6/c1-4-30-25(28)22-15(2)26-19-6-5-7-20(27)23(19)24(22)21-13-12-18(32-21)14-31-17-10-8-16(29-3)9-11-17/h8-13,24,26H,4-7,14H2,1-3H3. The van der Waals surface area contributed by atoms with Gasteiger partial charge in [-0.25, -0.2) is 4.79 Å². The van der Waals surface area contributed by atoms with Gasteiger partial charge in [-0.15, -0.1) is 0 Å².